The number of piperidine rings is 1. The van der Waals surface area contributed by atoms with Crippen LogP contribution < -0.4 is 0 Å². The average Bonchev–Trinajstić information content (AvgIpc) is 3.19. The van der Waals surface area contributed by atoms with Crippen molar-refractivity contribution in [3.63, 3.8) is 0 Å². The van der Waals surface area contributed by atoms with Crippen LogP contribution in [0, 0.1) is 6.92 Å². The van der Waals surface area contributed by atoms with Crippen LogP contribution in [0.4, 0.5) is 0 Å². The molecule has 0 aliphatic carbocycles. The maximum atomic E-state index is 12.4. The van der Waals surface area contributed by atoms with E-state index in [0.29, 0.717) is 12.5 Å². The van der Waals surface area contributed by atoms with Crippen molar-refractivity contribution in [1.82, 2.24) is 24.2 Å². The number of aromatic nitrogens is 4. The van der Waals surface area contributed by atoms with Gasteiger partial charge in [-0.3, -0.25) is 9.48 Å². The fraction of sp³-hybridized carbons (Fsp3) is 0.562. The average molecular weight is 301 g/mol. The molecule has 1 saturated heterocycles. The molecule has 0 saturated carbocycles. The lowest BCUT2D eigenvalue weighted by Gasteiger charge is -2.34. The Morgan fingerprint density at radius 1 is 1.36 bits per heavy atom. The summed E-state index contributed by atoms with van der Waals surface area (Å²) < 4.78 is 4.07. The van der Waals surface area contributed by atoms with Crippen LogP contribution in [0.15, 0.2) is 30.9 Å². The van der Waals surface area contributed by atoms with Gasteiger partial charge in [0.05, 0.1) is 6.04 Å². The normalized spacial score (nSPS) is 18.6. The zero-order chi connectivity index (χ0) is 15.4. The molecular formula is C16H23N5O. The number of aryl methyl sites for hydroxylation is 2. The topological polar surface area (TPSA) is 56.0 Å². The summed E-state index contributed by atoms with van der Waals surface area (Å²) in [6.07, 6.45) is 11.2. The largest absolute Gasteiger partial charge is 0.341 e. The lowest BCUT2D eigenvalue weighted by Crippen LogP contribution is -2.40. The summed E-state index contributed by atoms with van der Waals surface area (Å²) in [7, 11) is 0. The Balaban J connectivity index is 1.51. The molecule has 1 fully saturated rings. The van der Waals surface area contributed by atoms with Crippen LogP contribution in [-0.2, 0) is 11.3 Å². The molecule has 1 aliphatic heterocycles. The highest BCUT2D eigenvalue weighted by molar-refractivity contribution is 5.76. The van der Waals surface area contributed by atoms with Gasteiger partial charge >= 0.3 is 0 Å². The molecule has 6 nitrogen and oxygen atoms in total. The standard InChI is InChI=1S/C16H23N5O/c1-14-17-8-12-21(14)15-5-2-9-19(13-15)16(22)6-3-10-20-11-4-7-18-20/h4,7-8,11-12,15H,2-3,5-6,9-10,13H2,1H3/t15-/m0/s1. The van der Waals surface area contributed by atoms with Gasteiger partial charge in [-0.25, -0.2) is 4.98 Å². The number of carbonyl (C=O) groups excluding carboxylic acids is 1. The maximum absolute atomic E-state index is 12.4. The predicted molar refractivity (Wildman–Crippen MR) is 83.3 cm³/mol. The molecule has 22 heavy (non-hydrogen) atoms. The van der Waals surface area contributed by atoms with E-state index in [2.05, 4.69) is 14.6 Å². The van der Waals surface area contributed by atoms with E-state index in [1.54, 1.807) is 6.20 Å². The van der Waals surface area contributed by atoms with Crippen LogP contribution in [0.5, 0.6) is 0 Å². The molecule has 1 aliphatic rings. The van der Waals surface area contributed by atoms with E-state index in [-0.39, 0.29) is 5.91 Å². The van der Waals surface area contributed by atoms with Crippen molar-refractivity contribution in [1.29, 1.82) is 0 Å². The minimum atomic E-state index is 0.259. The minimum absolute atomic E-state index is 0.259. The third-order valence-electron chi connectivity index (χ3n) is 4.34. The van der Waals surface area contributed by atoms with Gasteiger partial charge < -0.3 is 9.47 Å². The van der Waals surface area contributed by atoms with E-state index >= 15 is 0 Å². The van der Waals surface area contributed by atoms with Gasteiger partial charge in [-0.1, -0.05) is 0 Å². The van der Waals surface area contributed by atoms with Crippen molar-refractivity contribution in [2.75, 3.05) is 13.1 Å². The third kappa shape index (κ3) is 3.37. The number of amides is 1. The lowest BCUT2D eigenvalue weighted by atomic mass is 10.0. The molecule has 2 aromatic rings. The number of nitrogens with zero attached hydrogens (tertiary/aromatic N) is 5. The van der Waals surface area contributed by atoms with Crippen LogP contribution in [0.3, 0.4) is 0 Å². The van der Waals surface area contributed by atoms with Gasteiger partial charge in [-0.15, -0.1) is 0 Å². The molecule has 118 valence electrons. The van der Waals surface area contributed by atoms with Crippen molar-refractivity contribution in [3.05, 3.63) is 36.7 Å². The molecule has 3 rings (SSSR count). The van der Waals surface area contributed by atoms with Crippen LogP contribution in [0.2, 0.25) is 0 Å². The molecule has 0 radical (unpaired) electrons. The first-order valence-electron chi connectivity index (χ1n) is 7.98. The van der Waals surface area contributed by atoms with Crippen LogP contribution in [0.25, 0.3) is 0 Å². The highest BCUT2D eigenvalue weighted by Gasteiger charge is 2.24. The molecule has 1 amide bonds. The van der Waals surface area contributed by atoms with Crippen molar-refractivity contribution in [3.8, 4) is 0 Å². The summed E-state index contributed by atoms with van der Waals surface area (Å²) in [6.45, 7) is 4.50. The number of likely N-dealkylation sites (tertiary alicyclic amines) is 1. The second-order valence-corrected chi connectivity index (χ2v) is 5.89. The summed E-state index contributed by atoms with van der Waals surface area (Å²) >= 11 is 0. The van der Waals surface area contributed by atoms with Gasteiger partial charge in [-0.2, -0.15) is 5.10 Å². The third-order valence-corrected chi connectivity index (χ3v) is 4.34. The van der Waals surface area contributed by atoms with Gasteiger partial charge in [0.25, 0.3) is 0 Å². The molecule has 3 heterocycles. The summed E-state index contributed by atoms with van der Waals surface area (Å²) in [5.74, 6) is 1.28. The van der Waals surface area contributed by atoms with Crippen molar-refractivity contribution >= 4 is 5.91 Å². The molecular weight excluding hydrogens is 278 g/mol. The SMILES string of the molecule is Cc1nccn1[C@H]1CCCN(C(=O)CCCn2cccn2)C1. The Morgan fingerprint density at radius 3 is 3.00 bits per heavy atom. The first-order chi connectivity index (χ1) is 10.7. The van der Waals surface area contributed by atoms with Gasteiger partial charge in [0.2, 0.25) is 5.91 Å². The second kappa shape index (κ2) is 6.77. The molecule has 0 unspecified atom stereocenters. The van der Waals surface area contributed by atoms with E-state index in [0.717, 1.165) is 44.7 Å². The Bertz CT molecular complexity index is 604. The Morgan fingerprint density at radius 2 is 2.27 bits per heavy atom. The van der Waals surface area contributed by atoms with Crippen molar-refractivity contribution < 1.29 is 4.79 Å². The van der Waals surface area contributed by atoms with E-state index < -0.39 is 0 Å². The van der Waals surface area contributed by atoms with Crippen LogP contribution in [-0.4, -0.2) is 43.2 Å². The second-order valence-electron chi connectivity index (χ2n) is 5.89. The van der Waals surface area contributed by atoms with Gasteiger partial charge in [-0.05, 0) is 32.3 Å². The van der Waals surface area contributed by atoms with Gasteiger partial charge in [0, 0.05) is 50.8 Å². The Labute approximate surface area is 130 Å². The fourth-order valence-electron chi connectivity index (χ4n) is 3.16. The first-order valence-corrected chi connectivity index (χ1v) is 7.98. The Kier molecular flexibility index (Phi) is 4.56. The molecule has 0 N–H and O–H groups in total. The van der Waals surface area contributed by atoms with Crippen molar-refractivity contribution in [2.45, 2.75) is 45.2 Å². The molecule has 6 heteroatoms. The number of hydrogen-bond donors (Lipinski definition) is 0. The van der Waals surface area contributed by atoms with Gasteiger partial charge in [0.1, 0.15) is 5.82 Å². The van der Waals surface area contributed by atoms with E-state index in [9.17, 15) is 4.79 Å². The van der Waals surface area contributed by atoms with Crippen molar-refractivity contribution in [2.24, 2.45) is 0 Å². The fourth-order valence-corrected chi connectivity index (χ4v) is 3.16. The number of carbonyl (C=O) groups is 1. The zero-order valence-corrected chi connectivity index (χ0v) is 13.1. The van der Waals surface area contributed by atoms with E-state index in [4.69, 9.17) is 0 Å². The summed E-state index contributed by atoms with van der Waals surface area (Å²) in [6, 6.07) is 2.27. The highest BCUT2D eigenvalue weighted by atomic mass is 16.2. The first kappa shape index (κ1) is 14.8. The van der Waals surface area contributed by atoms with E-state index in [1.165, 1.54) is 0 Å². The summed E-state index contributed by atoms with van der Waals surface area (Å²) in [5.41, 5.74) is 0. The van der Waals surface area contributed by atoms with Crippen LogP contribution >= 0.6 is 0 Å². The quantitative estimate of drug-likeness (QED) is 0.849. The number of hydrogen-bond acceptors (Lipinski definition) is 3. The van der Waals surface area contributed by atoms with Gasteiger partial charge in [0.15, 0.2) is 0 Å². The molecule has 2 aromatic heterocycles. The lowest BCUT2D eigenvalue weighted by molar-refractivity contribution is -0.133. The number of rotatable bonds is 5. The zero-order valence-electron chi connectivity index (χ0n) is 13.1. The van der Waals surface area contributed by atoms with Crippen LogP contribution in [0.1, 0.15) is 37.5 Å². The summed E-state index contributed by atoms with van der Waals surface area (Å²) in [5, 5.41) is 4.16. The van der Waals surface area contributed by atoms with E-state index in [1.807, 2.05) is 41.2 Å². The predicted octanol–water partition coefficient (Wildman–Crippen LogP) is 2.03. The number of imidazole rings is 1. The molecule has 0 bridgehead atoms. The minimum Gasteiger partial charge on any atom is -0.341 e. The molecule has 1 atom stereocenters. The molecule has 0 spiro atoms. The highest BCUT2D eigenvalue weighted by Crippen LogP contribution is 2.23. The maximum Gasteiger partial charge on any atom is 0.222 e. The smallest absolute Gasteiger partial charge is 0.222 e. The monoisotopic (exact) mass is 301 g/mol. The summed E-state index contributed by atoms with van der Waals surface area (Å²) in [4.78, 5) is 18.7. The molecule has 0 aromatic carbocycles. The Hall–Kier alpha value is -2.11.